The first kappa shape index (κ1) is 11.9. The number of hydrazine groups is 1. The standard InChI is InChI=1S/C11H12ClN3O2/c1-16-8-4-7(5-14-6-8)11(15-13)9-2-3-10(12)17-9/h2-6,11,15H,13H2,1H3. The van der Waals surface area contributed by atoms with E-state index in [1.165, 1.54) is 0 Å². The molecule has 0 aliphatic heterocycles. The Morgan fingerprint density at radius 1 is 1.47 bits per heavy atom. The molecular formula is C11H12ClN3O2. The van der Waals surface area contributed by atoms with Crippen LogP contribution in [-0.4, -0.2) is 12.1 Å². The molecule has 0 fully saturated rings. The number of nitrogens with zero attached hydrogens (tertiary/aromatic N) is 1. The maximum atomic E-state index is 5.73. The predicted octanol–water partition coefficient (Wildman–Crippen LogP) is 1.89. The molecule has 0 radical (unpaired) electrons. The minimum Gasteiger partial charge on any atom is -0.495 e. The Kier molecular flexibility index (Phi) is 3.63. The molecule has 0 spiro atoms. The van der Waals surface area contributed by atoms with E-state index in [1.807, 2.05) is 6.07 Å². The smallest absolute Gasteiger partial charge is 0.193 e. The summed E-state index contributed by atoms with van der Waals surface area (Å²) in [7, 11) is 1.58. The van der Waals surface area contributed by atoms with Crippen LogP contribution in [0.3, 0.4) is 0 Å². The normalized spacial score (nSPS) is 12.4. The summed E-state index contributed by atoms with van der Waals surface area (Å²) in [5, 5.41) is 0.316. The quantitative estimate of drug-likeness (QED) is 0.643. The molecule has 90 valence electrons. The fraction of sp³-hybridized carbons (Fsp3) is 0.182. The molecule has 2 aromatic heterocycles. The second-order valence-electron chi connectivity index (χ2n) is 3.40. The van der Waals surface area contributed by atoms with Crippen molar-refractivity contribution in [2.45, 2.75) is 6.04 Å². The van der Waals surface area contributed by atoms with Crippen LogP contribution in [0.25, 0.3) is 0 Å². The van der Waals surface area contributed by atoms with E-state index in [1.54, 1.807) is 31.6 Å². The molecule has 0 aliphatic rings. The first-order valence-electron chi connectivity index (χ1n) is 4.95. The molecule has 0 bridgehead atoms. The van der Waals surface area contributed by atoms with Gasteiger partial charge in [0.15, 0.2) is 5.22 Å². The van der Waals surface area contributed by atoms with Crippen molar-refractivity contribution in [1.29, 1.82) is 0 Å². The SMILES string of the molecule is COc1cncc(C(NN)c2ccc(Cl)o2)c1. The summed E-state index contributed by atoms with van der Waals surface area (Å²) in [5.74, 6) is 6.79. The molecule has 0 aromatic carbocycles. The van der Waals surface area contributed by atoms with Crippen LogP contribution >= 0.6 is 11.6 Å². The van der Waals surface area contributed by atoms with E-state index in [0.29, 0.717) is 16.7 Å². The number of pyridine rings is 1. The highest BCUT2D eigenvalue weighted by Gasteiger charge is 2.17. The minimum atomic E-state index is -0.315. The molecule has 1 atom stereocenters. The van der Waals surface area contributed by atoms with Gasteiger partial charge in [-0.3, -0.25) is 10.8 Å². The van der Waals surface area contributed by atoms with Crippen LogP contribution in [0.4, 0.5) is 0 Å². The second kappa shape index (κ2) is 5.18. The third-order valence-electron chi connectivity index (χ3n) is 2.35. The Bertz CT molecular complexity index is 501. The molecule has 17 heavy (non-hydrogen) atoms. The molecule has 3 N–H and O–H groups in total. The molecule has 2 rings (SSSR count). The van der Waals surface area contributed by atoms with Crippen LogP contribution in [0.15, 0.2) is 35.0 Å². The Hall–Kier alpha value is -1.56. The van der Waals surface area contributed by atoms with Gasteiger partial charge in [-0.05, 0) is 35.4 Å². The van der Waals surface area contributed by atoms with Crippen molar-refractivity contribution in [1.82, 2.24) is 10.4 Å². The van der Waals surface area contributed by atoms with Crippen LogP contribution in [-0.2, 0) is 0 Å². The van der Waals surface area contributed by atoms with Crippen molar-refractivity contribution in [3.63, 3.8) is 0 Å². The zero-order chi connectivity index (χ0) is 12.3. The monoisotopic (exact) mass is 253 g/mol. The highest BCUT2D eigenvalue weighted by molar-refractivity contribution is 6.28. The van der Waals surface area contributed by atoms with E-state index in [2.05, 4.69) is 10.4 Å². The Morgan fingerprint density at radius 3 is 2.88 bits per heavy atom. The molecule has 2 heterocycles. The number of rotatable bonds is 4. The topological polar surface area (TPSA) is 73.3 Å². The van der Waals surface area contributed by atoms with Crippen LogP contribution < -0.4 is 16.0 Å². The van der Waals surface area contributed by atoms with Crippen molar-refractivity contribution < 1.29 is 9.15 Å². The lowest BCUT2D eigenvalue weighted by Crippen LogP contribution is -2.28. The number of methoxy groups -OCH3 is 1. The van der Waals surface area contributed by atoms with E-state index in [0.717, 1.165) is 5.56 Å². The van der Waals surface area contributed by atoms with Crippen molar-refractivity contribution in [2.24, 2.45) is 5.84 Å². The summed E-state index contributed by atoms with van der Waals surface area (Å²) in [6.07, 6.45) is 3.30. The van der Waals surface area contributed by atoms with Gasteiger partial charge in [-0.15, -0.1) is 0 Å². The highest BCUT2D eigenvalue weighted by atomic mass is 35.5. The average Bonchev–Trinajstić information content (AvgIpc) is 2.77. The number of halogens is 1. The van der Waals surface area contributed by atoms with Gasteiger partial charge in [0, 0.05) is 6.20 Å². The van der Waals surface area contributed by atoms with E-state index in [-0.39, 0.29) is 6.04 Å². The first-order valence-corrected chi connectivity index (χ1v) is 5.32. The lowest BCUT2D eigenvalue weighted by atomic mass is 10.1. The number of furan rings is 1. The maximum Gasteiger partial charge on any atom is 0.193 e. The van der Waals surface area contributed by atoms with E-state index >= 15 is 0 Å². The second-order valence-corrected chi connectivity index (χ2v) is 3.77. The van der Waals surface area contributed by atoms with Gasteiger partial charge in [0.05, 0.1) is 13.3 Å². The first-order chi connectivity index (χ1) is 8.24. The van der Waals surface area contributed by atoms with Crippen molar-refractivity contribution in [3.05, 3.63) is 47.1 Å². The van der Waals surface area contributed by atoms with Crippen LogP contribution in [0.5, 0.6) is 5.75 Å². The summed E-state index contributed by atoms with van der Waals surface area (Å²) >= 11 is 5.73. The minimum absolute atomic E-state index is 0.315. The fourth-order valence-electron chi connectivity index (χ4n) is 1.53. The number of aromatic nitrogens is 1. The molecule has 0 amide bonds. The van der Waals surface area contributed by atoms with Crippen molar-refractivity contribution >= 4 is 11.6 Å². The maximum absolute atomic E-state index is 5.73. The zero-order valence-electron chi connectivity index (χ0n) is 9.18. The summed E-state index contributed by atoms with van der Waals surface area (Å²) in [6.45, 7) is 0. The van der Waals surface area contributed by atoms with Gasteiger partial charge in [-0.1, -0.05) is 0 Å². The molecule has 0 saturated carbocycles. The molecule has 6 heteroatoms. The molecule has 0 saturated heterocycles. The number of ether oxygens (including phenoxy) is 1. The third kappa shape index (κ3) is 2.58. The Labute approximate surface area is 104 Å². The van der Waals surface area contributed by atoms with Crippen LogP contribution in [0, 0.1) is 0 Å². The van der Waals surface area contributed by atoms with Gasteiger partial charge < -0.3 is 9.15 Å². The molecule has 2 aromatic rings. The summed E-state index contributed by atoms with van der Waals surface area (Å²) in [6, 6.07) is 4.93. The zero-order valence-corrected chi connectivity index (χ0v) is 9.94. The van der Waals surface area contributed by atoms with Gasteiger partial charge in [0.2, 0.25) is 0 Å². The van der Waals surface area contributed by atoms with Gasteiger partial charge in [-0.2, -0.15) is 0 Å². The molecule has 5 nitrogen and oxygen atoms in total. The van der Waals surface area contributed by atoms with E-state index < -0.39 is 0 Å². The van der Waals surface area contributed by atoms with Crippen LogP contribution in [0.2, 0.25) is 5.22 Å². The lowest BCUT2D eigenvalue weighted by molar-refractivity contribution is 0.409. The number of nitrogens with two attached hydrogens (primary N) is 1. The summed E-state index contributed by atoms with van der Waals surface area (Å²) in [4.78, 5) is 4.06. The number of hydrogen-bond donors (Lipinski definition) is 2. The summed E-state index contributed by atoms with van der Waals surface area (Å²) in [5.41, 5.74) is 3.48. The predicted molar refractivity (Wildman–Crippen MR) is 63.7 cm³/mol. The van der Waals surface area contributed by atoms with Crippen molar-refractivity contribution in [3.8, 4) is 5.75 Å². The summed E-state index contributed by atoms with van der Waals surface area (Å²) < 4.78 is 10.4. The average molecular weight is 254 g/mol. The largest absolute Gasteiger partial charge is 0.495 e. The Morgan fingerprint density at radius 2 is 2.29 bits per heavy atom. The fourth-order valence-corrected chi connectivity index (χ4v) is 1.68. The van der Waals surface area contributed by atoms with E-state index in [9.17, 15) is 0 Å². The van der Waals surface area contributed by atoms with Gasteiger partial charge in [-0.25, -0.2) is 5.43 Å². The molecule has 1 unspecified atom stereocenters. The van der Waals surface area contributed by atoms with E-state index in [4.69, 9.17) is 26.6 Å². The van der Waals surface area contributed by atoms with Crippen LogP contribution in [0.1, 0.15) is 17.4 Å². The molecule has 0 aliphatic carbocycles. The molecular weight excluding hydrogens is 242 g/mol. The van der Waals surface area contributed by atoms with Crippen molar-refractivity contribution in [2.75, 3.05) is 7.11 Å². The lowest BCUT2D eigenvalue weighted by Gasteiger charge is -2.13. The van der Waals surface area contributed by atoms with Gasteiger partial charge >= 0.3 is 0 Å². The highest BCUT2D eigenvalue weighted by Crippen LogP contribution is 2.26. The Balaban J connectivity index is 2.34. The van der Waals surface area contributed by atoms with Gasteiger partial charge in [0.25, 0.3) is 0 Å². The number of hydrogen-bond acceptors (Lipinski definition) is 5. The third-order valence-corrected chi connectivity index (χ3v) is 2.55. The van der Waals surface area contributed by atoms with Gasteiger partial charge in [0.1, 0.15) is 17.6 Å². The number of nitrogens with one attached hydrogen (secondary N) is 1.